The van der Waals surface area contributed by atoms with Crippen molar-refractivity contribution in [2.45, 2.75) is 32.4 Å². The van der Waals surface area contributed by atoms with Crippen molar-refractivity contribution in [1.82, 2.24) is 9.80 Å². The number of carbonyl (C=O) groups is 1. The number of aryl methyl sites for hydroxylation is 1. The second-order valence-electron chi connectivity index (χ2n) is 8.63. The smallest absolute Gasteiger partial charge is 0.416 e. The summed E-state index contributed by atoms with van der Waals surface area (Å²) in [6.07, 6.45) is -1.68. The van der Waals surface area contributed by atoms with Crippen LogP contribution >= 0.6 is 0 Å². The van der Waals surface area contributed by atoms with Crippen LogP contribution in [0.5, 0.6) is 5.75 Å². The van der Waals surface area contributed by atoms with E-state index in [-0.39, 0.29) is 5.91 Å². The molecule has 1 aliphatic heterocycles. The van der Waals surface area contributed by atoms with Crippen LogP contribution in [0.2, 0.25) is 0 Å². The molecule has 1 amide bonds. The van der Waals surface area contributed by atoms with Crippen molar-refractivity contribution < 1.29 is 22.7 Å². The molecule has 174 valence electrons. The molecule has 0 aliphatic carbocycles. The lowest BCUT2D eigenvalue weighted by Crippen LogP contribution is -2.42. The maximum atomic E-state index is 12.9. The Kier molecular flexibility index (Phi) is 7.82. The summed E-state index contributed by atoms with van der Waals surface area (Å²) in [5.41, 5.74) is 1.68. The Bertz CT molecular complexity index is 930. The lowest BCUT2D eigenvalue weighted by atomic mass is 9.96. The molecule has 1 fully saturated rings. The van der Waals surface area contributed by atoms with E-state index in [0.29, 0.717) is 42.3 Å². The number of nitrogens with zero attached hydrogens (tertiary/aromatic N) is 2. The molecule has 1 atom stereocenters. The van der Waals surface area contributed by atoms with Gasteiger partial charge in [0, 0.05) is 32.2 Å². The fraction of sp³-hybridized carbons (Fsp3) is 0.480. The number of carbonyl (C=O) groups excluding carboxylic acids is 1. The highest BCUT2D eigenvalue weighted by Gasteiger charge is 2.30. The molecule has 0 bridgehead atoms. The second-order valence-corrected chi connectivity index (χ2v) is 8.63. The van der Waals surface area contributed by atoms with Crippen LogP contribution in [-0.4, -0.2) is 56.0 Å². The van der Waals surface area contributed by atoms with Crippen molar-refractivity contribution in [3.05, 3.63) is 64.7 Å². The molecule has 1 heterocycles. The summed E-state index contributed by atoms with van der Waals surface area (Å²) in [5.74, 6) is 0.999. The zero-order valence-corrected chi connectivity index (χ0v) is 18.9. The number of hydrogen-bond acceptors (Lipinski definition) is 3. The highest BCUT2D eigenvalue weighted by Crippen LogP contribution is 2.30. The minimum atomic E-state index is -4.31. The predicted octanol–water partition coefficient (Wildman–Crippen LogP) is 5.05. The third-order valence-corrected chi connectivity index (χ3v) is 6.11. The molecular formula is C25H31F3N2O2. The number of methoxy groups -OCH3 is 1. The van der Waals surface area contributed by atoms with E-state index in [4.69, 9.17) is 4.74 Å². The number of halogens is 3. The summed E-state index contributed by atoms with van der Waals surface area (Å²) >= 11 is 0. The molecule has 0 unspecified atom stereocenters. The topological polar surface area (TPSA) is 32.8 Å². The molecule has 3 rings (SSSR count). The number of rotatable bonds is 7. The van der Waals surface area contributed by atoms with Crippen molar-refractivity contribution in [2.24, 2.45) is 5.92 Å². The van der Waals surface area contributed by atoms with Crippen LogP contribution in [0.25, 0.3) is 0 Å². The first-order chi connectivity index (χ1) is 15.2. The van der Waals surface area contributed by atoms with Gasteiger partial charge in [-0.25, -0.2) is 0 Å². The largest absolute Gasteiger partial charge is 0.496 e. The fourth-order valence-corrected chi connectivity index (χ4v) is 4.34. The van der Waals surface area contributed by atoms with E-state index in [9.17, 15) is 18.0 Å². The van der Waals surface area contributed by atoms with Gasteiger partial charge in [-0.2, -0.15) is 13.2 Å². The van der Waals surface area contributed by atoms with Gasteiger partial charge in [0.25, 0.3) is 5.91 Å². The predicted molar refractivity (Wildman–Crippen MR) is 119 cm³/mol. The molecule has 0 spiro atoms. The minimum absolute atomic E-state index is 0.0376. The van der Waals surface area contributed by atoms with Crippen LogP contribution in [0.4, 0.5) is 13.2 Å². The van der Waals surface area contributed by atoms with Gasteiger partial charge < -0.3 is 14.5 Å². The van der Waals surface area contributed by atoms with E-state index in [1.807, 2.05) is 26.1 Å². The Morgan fingerprint density at radius 1 is 1.22 bits per heavy atom. The van der Waals surface area contributed by atoms with Gasteiger partial charge >= 0.3 is 6.18 Å². The molecule has 0 saturated carbocycles. The number of piperidine rings is 1. The first-order valence-corrected chi connectivity index (χ1v) is 11.0. The first-order valence-electron chi connectivity index (χ1n) is 11.0. The van der Waals surface area contributed by atoms with Crippen LogP contribution in [0.3, 0.4) is 0 Å². The molecule has 2 aromatic rings. The van der Waals surface area contributed by atoms with E-state index in [2.05, 4.69) is 4.90 Å². The first kappa shape index (κ1) is 24.1. The monoisotopic (exact) mass is 448 g/mol. The molecule has 1 aliphatic rings. The van der Waals surface area contributed by atoms with E-state index in [1.165, 1.54) is 12.1 Å². The highest BCUT2D eigenvalue weighted by atomic mass is 19.4. The summed E-state index contributed by atoms with van der Waals surface area (Å²) in [4.78, 5) is 16.9. The van der Waals surface area contributed by atoms with Gasteiger partial charge in [-0.3, -0.25) is 4.79 Å². The molecule has 2 aromatic carbocycles. The van der Waals surface area contributed by atoms with Gasteiger partial charge in [0.2, 0.25) is 0 Å². The van der Waals surface area contributed by atoms with E-state index >= 15 is 0 Å². The van der Waals surface area contributed by atoms with E-state index in [1.54, 1.807) is 24.1 Å². The fourth-order valence-electron chi connectivity index (χ4n) is 4.34. The SMILES string of the molecule is COc1cc(C(=O)N(C)C[C@@H]2CCCN(CCc3cccc(C(F)(F)F)c3)C2)ccc1C. The molecule has 7 heteroatoms. The van der Waals surface area contributed by atoms with Crippen LogP contribution in [0.15, 0.2) is 42.5 Å². The normalized spacial score (nSPS) is 17.2. The molecule has 32 heavy (non-hydrogen) atoms. The summed E-state index contributed by atoms with van der Waals surface area (Å²) in [6.45, 7) is 5.07. The van der Waals surface area contributed by atoms with Crippen molar-refractivity contribution in [1.29, 1.82) is 0 Å². The van der Waals surface area contributed by atoms with Crippen LogP contribution in [0, 0.1) is 12.8 Å². The Labute approximate surface area is 188 Å². The summed E-state index contributed by atoms with van der Waals surface area (Å²) in [5, 5.41) is 0. The number of hydrogen-bond donors (Lipinski definition) is 0. The number of benzene rings is 2. The Morgan fingerprint density at radius 2 is 2.00 bits per heavy atom. The van der Waals surface area contributed by atoms with Crippen molar-refractivity contribution in [2.75, 3.05) is 40.3 Å². The quantitative estimate of drug-likeness (QED) is 0.594. The lowest BCUT2D eigenvalue weighted by Gasteiger charge is -2.34. The standard InChI is InChI=1S/C25H31F3N2O2/c1-18-9-10-21(15-23(18)32-3)24(31)29(2)16-20-7-5-12-30(17-20)13-11-19-6-4-8-22(14-19)25(26,27)28/h4,6,8-10,14-15,20H,5,7,11-13,16-17H2,1-3H3/t20-/m0/s1. The van der Waals surface area contributed by atoms with Crippen LogP contribution in [-0.2, 0) is 12.6 Å². The molecule has 4 nitrogen and oxygen atoms in total. The molecular weight excluding hydrogens is 417 g/mol. The maximum absolute atomic E-state index is 12.9. The number of likely N-dealkylation sites (tertiary alicyclic amines) is 1. The second kappa shape index (κ2) is 10.4. The average Bonchev–Trinajstić information content (AvgIpc) is 2.77. The highest BCUT2D eigenvalue weighted by molar-refractivity contribution is 5.94. The zero-order valence-electron chi connectivity index (χ0n) is 18.9. The maximum Gasteiger partial charge on any atom is 0.416 e. The number of alkyl halides is 3. The summed E-state index contributed by atoms with van der Waals surface area (Å²) < 4.78 is 44.1. The van der Waals surface area contributed by atoms with Gasteiger partial charge in [-0.15, -0.1) is 0 Å². The molecule has 0 aromatic heterocycles. The number of ether oxygens (including phenoxy) is 1. The number of amides is 1. The van der Waals surface area contributed by atoms with Gasteiger partial charge in [0.05, 0.1) is 12.7 Å². The Balaban J connectivity index is 1.54. The van der Waals surface area contributed by atoms with Gasteiger partial charge in [-0.05, 0) is 68.0 Å². The average molecular weight is 449 g/mol. The van der Waals surface area contributed by atoms with E-state index < -0.39 is 11.7 Å². The third kappa shape index (κ3) is 6.25. The van der Waals surface area contributed by atoms with Crippen molar-refractivity contribution in [3.63, 3.8) is 0 Å². The molecule has 0 N–H and O–H groups in total. The third-order valence-electron chi connectivity index (χ3n) is 6.11. The molecule has 0 radical (unpaired) electrons. The molecule has 1 saturated heterocycles. The van der Waals surface area contributed by atoms with E-state index in [0.717, 1.165) is 37.6 Å². The summed E-state index contributed by atoms with van der Waals surface area (Å²) in [7, 11) is 3.41. The Hall–Kier alpha value is -2.54. The van der Waals surface area contributed by atoms with Crippen molar-refractivity contribution >= 4 is 5.91 Å². The van der Waals surface area contributed by atoms with Gasteiger partial charge in [-0.1, -0.05) is 24.3 Å². The zero-order chi connectivity index (χ0) is 23.3. The Morgan fingerprint density at radius 3 is 2.72 bits per heavy atom. The van der Waals surface area contributed by atoms with Gasteiger partial charge in [0.1, 0.15) is 5.75 Å². The summed E-state index contributed by atoms with van der Waals surface area (Å²) in [6, 6.07) is 11.0. The van der Waals surface area contributed by atoms with Crippen LogP contribution < -0.4 is 4.74 Å². The van der Waals surface area contributed by atoms with Gasteiger partial charge in [0.15, 0.2) is 0 Å². The van der Waals surface area contributed by atoms with Crippen LogP contribution in [0.1, 0.15) is 39.9 Å². The van der Waals surface area contributed by atoms with Crippen molar-refractivity contribution in [3.8, 4) is 5.75 Å². The lowest BCUT2D eigenvalue weighted by molar-refractivity contribution is -0.137. The minimum Gasteiger partial charge on any atom is -0.496 e.